The molecule has 0 aliphatic carbocycles. The van der Waals surface area contributed by atoms with Gasteiger partial charge in [0.05, 0.1) is 5.69 Å². The van der Waals surface area contributed by atoms with Gasteiger partial charge in [-0.1, -0.05) is 19.1 Å². The van der Waals surface area contributed by atoms with Crippen molar-refractivity contribution >= 4 is 23.6 Å². The topological polar surface area (TPSA) is 123 Å². The van der Waals surface area contributed by atoms with E-state index in [0.717, 1.165) is 44.4 Å². The summed E-state index contributed by atoms with van der Waals surface area (Å²) in [5, 5.41) is 1.98. The highest BCUT2D eigenvalue weighted by atomic mass is 16.5. The van der Waals surface area contributed by atoms with E-state index in [9.17, 15) is 4.79 Å². The number of carbonyl (C=O) groups is 1. The number of anilines is 1. The second kappa shape index (κ2) is 11.3. The molecule has 2 rings (SSSR count). The number of aryl methyl sites for hydroxylation is 2. The van der Waals surface area contributed by atoms with Gasteiger partial charge in [-0.3, -0.25) is 10.0 Å². The zero-order chi connectivity index (χ0) is 23.8. The summed E-state index contributed by atoms with van der Waals surface area (Å²) >= 11 is 0. The van der Waals surface area contributed by atoms with Crippen molar-refractivity contribution in [3.8, 4) is 5.75 Å². The molecule has 0 aliphatic heterocycles. The van der Waals surface area contributed by atoms with E-state index in [1.165, 1.54) is 7.05 Å². The summed E-state index contributed by atoms with van der Waals surface area (Å²) in [4.78, 5) is 16.6. The van der Waals surface area contributed by atoms with Crippen LogP contribution in [0.25, 0.3) is 5.70 Å². The van der Waals surface area contributed by atoms with Crippen LogP contribution in [0.1, 0.15) is 43.0 Å². The molecule has 0 unspecified atom stereocenters. The molecule has 0 heterocycles. The third-order valence-corrected chi connectivity index (χ3v) is 4.92. The molecule has 0 aliphatic rings. The number of nitrogens with two attached hydrogens (primary N) is 3. The molecule has 0 aromatic heterocycles. The Morgan fingerprint density at radius 1 is 1.22 bits per heavy atom. The van der Waals surface area contributed by atoms with E-state index in [2.05, 4.69) is 4.99 Å². The second-order valence-corrected chi connectivity index (χ2v) is 7.81. The molecule has 0 bridgehead atoms. The number of amides is 2. The normalized spacial score (nSPS) is 11.8. The van der Waals surface area contributed by atoms with Crippen LogP contribution in [-0.4, -0.2) is 30.3 Å². The SMILES string of the molecule is CCc1cccc(N(N)C(=O)N(C)N)c1COc1ccc(C(N)=CC=NC(C)C)cc1C. The fourth-order valence-corrected chi connectivity index (χ4v) is 3.15. The fraction of sp³-hybridized carbons (Fsp3) is 0.333. The smallest absolute Gasteiger partial charge is 0.352 e. The number of hydrogen-bond acceptors (Lipinski definition) is 6. The zero-order valence-electron chi connectivity index (χ0n) is 19.5. The van der Waals surface area contributed by atoms with Crippen LogP contribution in [0.15, 0.2) is 47.5 Å². The maximum Gasteiger partial charge on any atom is 0.352 e. The Kier molecular flexibility index (Phi) is 8.80. The van der Waals surface area contributed by atoms with E-state index >= 15 is 0 Å². The molecule has 2 amide bonds. The van der Waals surface area contributed by atoms with Gasteiger partial charge in [0.25, 0.3) is 0 Å². The van der Waals surface area contributed by atoms with Crippen molar-refractivity contribution in [1.82, 2.24) is 5.01 Å². The van der Waals surface area contributed by atoms with Crippen molar-refractivity contribution in [2.45, 2.75) is 46.8 Å². The third-order valence-electron chi connectivity index (χ3n) is 4.92. The van der Waals surface area contributed by atoms with Gasteiger partial charge >= 0.3 is 6.03 Å². The van der Waals surface area contributed by atoms with E-state index < -0.39 is 6.03 Å². The minimum Gasteiger partial charge on any atom is -0.489 e. The molecular weight excluding hydrogens is 404 g/mol. The lowest BCUT2D eigenvalue weighted by Gasteiger charge is -2.24. The van der Waals surface area contributed by atoms with E-state index in [-0.39, 0.29) is 12.6 Å². The molecular formula is C24H34N6O2. The number of rotatable bonds is 8. The number of hydrazine groups is 2. The summed E-state index contributed by atoms with van der Waals surface area (Å²) in [6, 6.07) is 11.1. The highest BCUT2D eigenvalue weighted by molar-refractivity contribution is 5.91. The molecule has 0 fully saturated rings. The molecule has 8 heteroatoms. The van der Waals surface area contributed by atoms with Gasteiger partial charge in [0.1, 0.15) is 12.4 Å². The van der Waals surface area contributed by atoms with Crippen LogP contribution < -0.4 is 27.2 Å². The Morgan fingerprint density at radius 2 is 1.94 bits per heavy atom. The monoisotopic (exact) mass is 438 g/mol. The van der Waals surface area contributed by atoms with Crippen LogP contribution in [-0.2, 0) is 13.0 Å². The summed E-state index contributed by atoms with van der Waals surface area (Å²) < 4.78 is 6.12. The second-order valence-electron chi connectivity index (χ2n) is 7.81. The maximum atomic E-state index is 12.3. The minimum atomic E-state index is -0.525. The van der Waals surface area contributed by atoms with Crippen LogP contribution in [0.2, 0.25) is 0 Å². The zero-order valence-corrected chi connectivity index (χ0v) is 19.5. The average molecular weight is 439 g/mol. The van der Waals surface area contributed by atoms with Gasteiger partial charge in [-0.2, -0.15) is 0 Å². The van der Waals surface area contributed by atoms with Crippen LogP contribution in [0.4, 0.5) is 10.5 Å². The van der Waals surface area contributed by atoms with Gasteiger partial charge in [-0.15, -0.1) is 0 Å². The average Bonchev–Trinajstić information content (AvgIpc) is 2.76. The first-order valence-corrected chi connectivity index (χ1v) is 10.6. The van der Waals surface area contributed by atoms with Crippen molar-refractivity contribution in [2.75, 3.05) is 12.1 Å². The largest absolute Gasteiger partial charge is 0.489 e. The lowest BCUT2D eigenvalue weighted by Crippen LogP contribution is -2.49. The molecule has 172 valence electrons. The van der Waals surface area contributed by atoms with E-state index in [1.807, 2.05) is 58.0 Å². The summed E-state index contributed by atoms with van der Waals surface area (Å²) in [5.41, 5.74) is 11.1. The van der Waals surface area contributed by atoms with Crippen molar-refractivity contribution in [3.05, 3.63) is 64.7 Å². The Bertz CT molecular complexity index is 998. The van der Waals surface area contributed by atoms with Gasteiger partial charge in [-0.05, 0) is 74.2 Å². The van der Waals surface area contributed by atoms with E-state index in [1.54, 1.807) is 18.4 Å². The van der Waals surface area contributed by atoms with Crippen molar-refractivity contribution < 1.29 is 9.53 Å². The summed E-state index contributed by atoms with van der Waals surface area (Å²) in [5.74, 6) is 12.3. The van der Waals surface area contributed by atoms with Crippen LogP contribution in [0.5, 0.6) is 5.75 Å². The fourth-order valence-electron chi connectivity index (χ4n) is 3.15. The van der Waals surface area contributed by atoms with Gasteiger partial charge in [0.2, 0.25) is 0 Å². The van der Waals surface area contributed by atoms with E-state index in [4.69, 9.17) is 22.2 Å². The Labute approximate surface area is 190 Å². The molecule has 8 nitrogen and oxygen atoms in total. The number of nitrogens with zero attached hydrogens (tertiary/aromatic N) is 3. The van der Waals surface area contributed by atoms with Crippen LogP contribution >= 0.6 is 0 Å². The minimum absolute atomic E-state index is 0.220. The predicted molar refractivity (Wildman–Crippen MR) is 131 cm³/mol. The number of benzene rings is 2. The summed E-state index contributed by atoms with van der Waals surface area (Å²) in [6.07, 6.45) is 4.28. The highest BCUT2D eigenvalue weighted by Crippen LogP contribution is 2.27. The van der Waals surface area contributed by atoms with Crippen LogP contribution in [0.3, 0.4) is 0 Å². The lowest BCUT2D eigenvalue weighted by molar-refractivity contribution is 0.216. The Morgan fingerprint density at radius 3 is 2.53 bits per heavy atom. The molecule has 0 saturated carbocycles. The van der Waals surface area contributed by atoms with Gasteiger partial charge < -0.3 is 10.5 Å². The van der Waals surface area contributed by atoms with Crippen LogP contribution in [0, 0.1) is 6.92 Å². The molecule has 32 heavy (non-hydrogen) atoms. The van der Waals surface area contributed by atoms with Gasteiger partial charge in [0, 0.05) is 30.6 Å². The van der Waals surface area contributed by atoms with Gasteiger partial charge in [0.15, 0.2) is 0 Å². The van der Waals surface area contributed by atoms with Gasteiger partial charge in [-0.25, -0.2) is 21.5 Å². The predicted octanol–water partition coefficient (Wildman–Crippen LogP) is 3.52. The molecule has 0 spiro atoms. The molecule has 2 aromatic carbocycles. The number of allylic oxidation sites excluding steroid dienone is 1. The van der Waals surface area contributed by atoms with Crippen molar-refractivity contribution in [2.24, 2.45) is 22.4 Å². The number of ether oxygens (including phenoxy) is 1. The Hall–Kier alpha value is -3.36. The molecule has 0 radical (unpaired) electrons. The Balaban J connectivity index is 2.26. The quantitative estimate of drug-likeness (QED) is 0.252. The lowest BCUT2D eigenvalue weighted by atomic mass is 10.0. The first-order valence-electron chi connectivity index (χ1n) is 10.6. The summed E-state index contributed by atoms with van der Waals surface area (Å²) in [7, 11) is 1.45. The number of aliphatic imine (C=N–C) groups is 1. The first kappa shape index (κ1) is 24.9. The highest BCUT2D eigenvalue weighted by Gasteiger charge is 2.19. The number of hydrogen-bond donors (Lipinski definition) is 3. The summed E-state index contributed by atoms with van der Waals surface area (Å²) in [6.45, 7) is 8.27. The van der Waals surface area contributed by atoms with E-state index in [0.29, 0.717) is 11.4 Å². The standard InChI is InChI=1S/C24H34N6O2/c1-6-18-8-7-9-22(30(27)24(31)29(5)26)20(18)15-32-23-11-10-19(14-17(23)4)21(25)12-13-28-16(2)3/h7-14,16H,6,15,25-27H2,1-5H3. The molecule has 6 N–H and O–H groups in total. The number of urea groups is 1. The molecule has 0 atom stereocenters. The third kappa shape index (κ3) is 6.32. The number of carbonyl (C=O) groups excluding carboxylic acids is 1. The molecule has 2 aromatic rings. The van der Waals surface area contributed by atoms with Crippen molar-refractivity contribution in [3.63, 3.8) is 0 Å². The molecule has 0 saturated heterocycles. The van der Waals surface area contributed by atoms with Crippen molar-refractivity contribution in [1.29, 1.82) is 0 Å². The maximum absolute atomic E-state index is 12.3. The first-order chi connectivity index (χ1) is 15.1.